The molecule has 0 atom stereocenters. The maximum atomic E-state index is 5.35. The van der Waals surface area contributed by atoms with Crippen LogP contribution < -0.4 is 10.6 Å². The average molecular weight is 347 g/mol. The van der Waals surface area contributed by atoms with Gasteiger partial charge in [0.2, 0.25) is 0 Å². The number of aromatic nitrogens is 1. The van der Waals surface area contributed by atoms with Crippen molar-refractivity contribution in [3.05, 3.63) is 52.4 Å². The monoisotopic (exact) mass is 346 g/mol. The van der Waals surface area contributed by atoms with Crippen LogP contribution in [-0.4, -0.2) is 24.0 Å². The number of furan rings is 1. The van der Waals surface area contributed by atoms with Crippen molar-refractivity contribution in [3.63, 3.8) is 0 Å². The van der Waals surface area contributed by atoms with Gasteiger partial charge in [-0.3, -0.25) is 0 Å². The summed E-state index contributed by atoms with van der Waals surface area (Å²) in [6.07, 6.45) is 2.51. The van der Waals surface area contributed by atoms with Crippen LogP contribution in [0.25, 0.3) is 0 Å². The number of nitrogens with zero attached hydrogens (tertiary/aromatic N) is 2. The first-order valence-electron chi connectivity index (χ1n) is 8.18. The van der Waals surface area contributed by atoms with Crippen molar-refractivity contribution >= 4 is 17.3 Å². The summed E-state index contributed by atoms with van der Waals surface area (Å²) >= 11 is 1.66. The molecule has 2 aromatic rings. The van der Waals surface area contributed by atoms with E-state index in [2.05, 4.69) is 46.4 Å². The summed E-state index contributed by atoms with van der Waals surface area (Å²) in [5, 5.41) is 9.75. The zero-order valence-corrected chi connectivity index (χ0v) is 15.4. The second-order valence-electron chi connectivity index (χ2n) is 6.05. The Morgan fingerprint density at radius 1 is 1.42 bits per heavy atom. The SMILES string of the molecule is C=C(C)CNC(=NCc1nc(C(C)C)cs1)NCCc1ccco1. The smallest absolute Gasteiger partial charge is 0.191 e. The Hall–Kier alpha value is -2.08. The van der Waals surface area contributed by atoms with Crippen LogP contribution in [0, 0.1) is 0 Å². The Morgan fingerprint density at radius 2 is 2.25 bits per heavy atom. The second-order valence-corrected chi connectivity index (χ2v) is 7.00. The lowest BCUT2D eigenvalue weighted by molar-refractivity contribution is 0.507. The lowest BCUT2D eigenvalue weighted by Crippen LogP contribution is -2.39. The van der Waals surface area contributed by atoms with E-state index in [0.29, 0.717) is 19.0 Å². The normalized spacial score (nSPS) is 11.8. The van der Waals surface area contributed by atoms with Crippen LogP contribution in [0.3, 0.4) is 0 Å². The number of nitrogens with one attached hydrogen (secondary N) is 2. The summed E-state index contributed by atoms with van der Waals surface area (Å²) in [6, 6.07) is 3.88. The molecule has 2 rings (SSSR count). The first-order valence-corrected chi connectivity index (χ1v) is 9.06. The highest BCUT2D eigenvalue weighted by molar-refractivity contribution is 7.09. The number of guanidine groups is 1. The number of thiazole rings is 1. The Labute approximate surface area is 147 Å². The highest BCUT2D eigenvalue weighted by Crippen LogP contribution is 2.18. The molecular weight excluding hydrogens is 320 g/mol. The van der Waals surface area contributed by atoms with Crippen molar-refractivity contribution < 1.29 is 4.42 Å². The summed E-state index contributed by atoms with van der Waals surface area (Å²) in [6.45, 7) is 12.2. The Morgan fingerprint density at radius 3 is 2.88 bits per heavy atom. The molecule has 0 saturated carbocycles. The number of rotatable bonds is 8. The zero-order valence-electron chi connectivity index (χ0n) is 14.6. The fourth-order valence-corrected chi connectivity index (χ4v) is 2.86. The molecule has 0 amide bonds. The van der Waals surface area contributed by atoms with E-state index in [1.807, 2.05) is 19.1 Å². The van der Waals surface area contributed by atoms with Gasteiger partial charge in [0.1, 0.15) is 10.8 Å². The van der Waals surface area contributed by atoms with Crippen LogP contribution >= 0.6 is 11.3 Å². The van der Waals surface area contributed by atoms with E-state index < -0.39 is 0 Å². The molecule has 0 fully saturated rings. The van der Waals surface area contributed by atoms with E-state index >= 15 is 0 Å². The van der Waals surface area contributed by atoms with Crippen LogP contribution in [0.15, 0.2) is 45.3 Å². The summed E-state index contributed by atoms with van der Waals surface area (Å²) in [5.41, 5.74) is 2.19. The maximum absolute atomic E-state index is 5.35. The van der Waals surface area contributed by atoms with E-state index in [-0.39, 0.29) is 0 Å². The highest BCUT2D eigenvalue weighted by Gasteiger charge is 2.06. The van der Waals surface area contributed by atoms with Crippen molar-refractivity contribution in [2.24, 2.45) is 4.99 Å². The predicted molar refractivity (Wildman–Crippen MR) is 101 cm³/mol. The lowest BCUT2D eigenvalue weighted by atomic mass is 10.2. The molecule has 0 spiro atoms. The van der Waals surface area contributed by atoms with Crippen LogP contribution in [-0.2, 0) is 13.0 Å². The van der Waals surface area contributed by atoms with Gasteiger partial charge in [0, 0.05) is 24.9 Å². The van der Waals surface area contributed by atoms with Gasteiger partial charge in [-0.1, -0.05) is 26.0 Å². The Bertz CT molecular complexity index is 658. The number of hydrogen-bond acceptors (Lipinski definition) is 4. The standard InChI is InChI=1S/C18H26N4OS/c1-13(2)10-20-18(19-8-7-15-6-5-9-23-15)21-11-17-22-16(12-24-17)14(3)4/h5-6,9,12,14H,1,7-8,10-11H2,2-4H3,(H2,19,20,21). The third kappa shape index (κ3) is 6.20. The van der Waals surface area contributed by atoms with E-state index in [4.69, 9.17) is 4.42 Å². The largest absolute Gasteiger partial charge is 0.469 e. The molecular formula is C18H26N4OS. The minimum atomic E-state index is 0.450. The minimum Gasteiger partial charge on any atom is -0.469 e. The second kappa shape index (κ2) is 9.27. The van der Waals surface area contributed by atoms with Gasteiger partial charge in [0.25, 0.3) is 0 Å². The van der Waals surface area contributed by atoms with E-state index in [0.717, 1.165) is 41.0 Å². The van der Waals surface area contributed by atoms with Crippen LogP contribution in [0.1, 0.15) is 43.2 Å². The molecule has 0 saturated heterocycles. The third-order valence-electron chi connectivity index (χ3n) is 3.34. The van der Waals surface area contributed by atoms with Gasteiger partial charge >= 0.3 is 0 Å². The molecule has 0 aliphatic heterocycles. The van der Waals surface area contributed by atoms with Gasteiger partial charge in [-0.05, 0) is 25.0 Å². The topological polar surface area (TPSA) is 62.5 Å². The summed E-state index contributed by atoms with van der Waals surface area (Å²) in [5.74, 6) is 2.18. The van der Waals surface area contributed by atoms with E-state index in [1.54, 1.807) is 17.6 Å². The lowest BCUT2D eigenvalue weighted by Gasteiger charge is -2.12. The molecule has 0 aromatic carbocycles. The van der Waals surface area contributed by atoms with Crippen LogP contribution in [0.5, 0.6) is 0 Å². The predicted octanol–water partition coefficient (Wildman–Crippen LogP) is 3.71. The van der Waals surface area contributed by atoms with Crippen molar-refractivity contribution in [2.75, 3.05) is 13.1 Å². The Balaban J connectivity index is 1.91. The molecule has 6 heteroatoms. The van der Waals surface area contributed by atoms with Crippen molar-refractivity contribution in [1.82, 2.24) is 15.6 Å². The van der Waals surface area contributed by atoms with Gasteiger partial charge < -0.3 is 15.1 Å². The van der Waals surface area contributed by atoms with E-state index in [9.17, 15) is 0 Å². The first kappa shape index (κ1) is 18.3. The molecule has 0 aliphatic carbocycles. The quantitative estimate of drug-likeness (QED) is 0.434. The molecule has 130 valence electrons. The molecule has 2 aromatic heterocycles. The first-order chi connectivity index (χ1) is 11.5. The number of aliphatic imine (C=N–C) groups is 1. The fourth-order valence-electron chi connectivity index (χ4n) is 1.98. The van der Waals surface area contributed by atoms with Crippen molar-refractivity contribution in [1.29, 1.82) is 0 Å². The molecule has 2 N–H and O–H groups in total. The van der Waals surface area contributed by atoms with Gasteiger partial charge in [0.05, 0.1) is 18.5 Å². The van der Waals surface area contributed by atoms with Crippen molar-refractivity contribution in [3.8, 4) is 0 Å². The number of hydrogen-bond donors (Lipinski definition) is 2. The summed E-state index contributed by atoms with van der Waals surface area (Å²) in [4.78, 5) is 9.25. The summed E-state index contributed by atoms with van der Waals surface area (Å²) < 4.78 is 5.35. The van der Waals surface area contributed by atoms with Crippen molar-refractivity contribution in [2.45, 2.75) is 39.7 Å². The average Bonchev–Trinajstić information content (AvgIpc) is 3.20. The third-order valence-corrected chi connectivity index (χ3v) is 4.19. The fraction of sp³-hybridized carbons (Fsp3) is 0.444. The zero-order chi connectivity index (χ0) is 17.4. The van der Waals surface area contributed by atoms with Gasteiger partial charge in [-0.15, -0.1) is 11.3 Å². The molecule has 0 unspecified atom stereocenters. The molecule has 24 heavy (non-hydrogen) atoms. The summed E-state index contributed by atoms with van der Waals surface area (Å²) in [7, 11) is 0. The van der Waals surface area contributed by atoms with Gasteiger partial charge in [-0.25, -0.2) is 9.98 Å². The molecule has 0 bridgehead atoms. The van der Waals surface area contributed by atoms with Gasteiger partial charge in [0.15, 0.2) is 5.96 Å². The maximum Gasteiger partial charge on any atom is 0.191 e. The van der Waals surface area contributed by atoms with Crippen LogP contribution in [0.2, 0.25) is 0 Å². The Kier molecular flexibility index (Phi) is 7.06. The molecule has 2 heterocycles. The van der Waals surface area contributed by atoms with Crippen LogP contribution in [0.4, 0.5) is 0 Å². The molecule has 0 aliphatic rings. The minimum absolute atomic E-state index is 0.450. The van der Waals surface area contributed by atoms with Gasteiger partial charge in [-0.2, -0.15) is 0 Å². The van der Waals surface area contributed by atoms with E-state index in [1.165, 1.54) is 0 Å². The molecule has 0 radical (unpaired) electrons. The molecule has 5 nitrogen and oxygen atoms in total. The highest BCUT2D eigenvalue weighted by atomic mass is 32.1.